The van der Waals surface area contributed by atoms with Crippen LogP contribution in [0.15, 0.2) is 36.7 Å². The summed E-state index contributed by atoms with van der Waals surface area (Å²) in [5.41, 5.74) is -1.87. The largest absolute Gasteiger partial charge is 0.478 e. The van der Waals surface area contributed by atoms with Gasteiger partial charge in [0.05, 0.1) is 11.1 Å². The zero-order valence-corrected chi connectivity index (χ0v) is 13.7. The number of carboxylic acids is 1. The van der Waals surface area contributed by atoms with Crippen molar-refractivity contribution in [1.29, 1.82) is 0 Å². The predicted octanol–water partition coefficient (Wildman–Crippen LogP) is 4.10. The van der Waals surface area contributed by atoms with Crippen molar-refractivity contribution in [2.45, 2.75) is 12.6 Å². The lowest BCUT2D eigenvalue weighted by Gasteiger charge is -2.12. The first-order valence-electron chi connectivity index (χ1n) is 7.52. The van der Waals surface area contributed by atoms with E-state index in [-0.39, 0.29) is 22.9 Å². The molecule has 12 heteroatoms. The molecular weight excluding hydrogens is 393 g/mol. The molecule has 0 radical (unpaired) electrons. The van der Waals surface area contributed by atoms with Crippen LogP contribution in [0.4, 0.5) is 22.0 Å². The van der Waals surface area contributed by atoms with Gasteiger partial charge in [0.25, 0.3) is 12.3 Å². The van der Waals surface area contributed by atoms with Gasteiger partial charge in [0.1, 0.15) is 5.75 Å². The highest BCUT2D eigenvalue weighted by Gasteiger charge is 2.29. The lowest BCUT2D eigenvalue weighted by Crippen LogP contribution is -2.19. The lowest BCUT2D eigenvalue weighted by molar-refractivity contribution is -0.153. The summed E-state index contributed by atoms with van der Waals surface area (Å²) < 4.78 is 74.5. The van der Waals surface area contributed by atoms with E-state index in [2.05, 4.69) is 14.8 Å². The zero-order chi connectivity index (χ0) is 20.5. The minimum atomic E-state index is -4.58. The number of fused-ring (bicyclic) bond motifs is 1. The number of hydrogen-bond acceptors (Lipinski definition) is 5. The van der Waals surface area contributed by atoms with Gasteiger partial charge in [-0.3, -0.25) is 0 Å². The Kier molecular flexibility index (Phi) is 5.03. The monoisotopic (exact) mass is 403 g/mol. The molecule has 0 bridgehead atoms. The molecule has 0 atom stereocenters. The molecule has 1 N–H and O–H groups in total. The molecule has 28 heavy (non-hydrogen) atoms. The first-order chi connectivity index (χ1) is 13.2. The van der Waals surface area contributed by atoms with Crippen LogP contribution in [0.5, 0.6) is 17.4 Å². The Bertz CT molecular complexity index is 1020. The molecule has 148 valence electrons. The third-order valence-electron chi connectivity index (χ3n) is 3.41. The minimum Gasteiger partial charge on any atom is -0.478 e. The van der Waals surface area contributed by atoms with E-state index in [9.17, 15) is 26.7 Å². The second-order valence-corrected chi connectivity index (χ2v) is 5.37. The Labute approximate surface area is 152 Å². The van der Waals surface area contributed by atoms with E-state index in [0.29, 0.717) is 0 Å². The van der Waals surface area contributed by atoms with Crippen molar-refractivity contribution in [3.8, 4) is 17.4 Å². The fourth-order valence-corrected chi connectivity index (χ4v) is 2.32. The van der Waals surface area contributed by atoms with Crippen molar-refractivity contribution in [3.05, 3.63) is 47.9 Å². The maximum absolute atomic E-state index is 13.3. The number of pyridine rings is 2. The second-order valence-electron chi connectivity index (χ2n) is 5.37. The summed E-state index contributed by atoms with van der Waals surface area (Å²) in [6.07, 6.45) is -5.30. The maximum Gasteiger partial charge on any atom is 0.422 e. The number of aromatic nitrogens is 3. The summed E-state index contributed by atoms with van der Waals surface area (Å²) >= 11 is 0. The summed E-state index contributed by atoms with van der Waals surface area (Å²) in [5, 5.41) is 12.6. The number of nitrogens with zero attached hydrogens (tertiary/aromatic N) is 3. The number of alkyl halides is 5. The molecule has 3 heterocycles. The van der Waals surface area contributed by atoms with Crippen LogP contribution < -0.4 is 9.47 Å². The standard InChI is InChI=1S/C16H10F5N3O4/c17-13(18)11-9-6-8(3-5-24(9)23-12(11)15(25)26)28-14-10(2-1-4-22-14)27-7-16(19,20)21/h1-6,13H,7H2,(H,25,26). The van der Waals surface area contributed by atoms with E-state index >= 15 is 0 Å². The fourth-order valence-electron chi connectivity index (χ4n) is 2.32. The summed E-state index contributed by atoms with van der Waals surface area (Å²) in [7, 11) is 0. The van der Waals surface area contributed by atoms with Crippen molar-refractivity contribution in [2.75, 3.05) is 6.61 Å². The SMILES string of the molecule is O=C(O)c1nn2ccc(Oc3ncccc3OCC(F)(F)F)cc2c1C(F)F. The predicted molar refractivity (Wildman–Crippen MR) is 83.0 cm³/mol. The smallest absolute Gasteiger partial charge is 0.422 e. The summed E-state index contributed by atoms with van der Waals surface area (Å²) in [5.74, 6) is -2.35. The molecule has 0 amide bonds. The maximum atomic E-state index is 13.3. The van der Waals surface area contributed by atoms with E-state index in [1.807, 2.05) is 0 Å². The van der Waals surface area contributed by atoms with Crippen molar-refractivity contribution < 1.29 is 41.3 Å². The molecule has 3 aromatic heterocycles. The number of halogens is 5. The van der Waals surface area contributed by atoms with Crippen molar-refractivity contribution in [1.82, 2.24) is 14.6 Å². The molecule has 0 saturated carbocycles. The summed E-state index contributed by atoms with van der Waals surface area (Å²) in [6.45, 7) is -1.58. The Morgan fingerprint density at radius 2 is 2.04 bits per heavy atom. The minimum absolute atomic E-state index is 0.0817. The molecule has 0 aliphatic rings. The highest BCUT2D eigenvalue weighted by atomic mass is 19.4. The number of rotatable bonds is 6. The van der Waals surface area contributed by atoms with Crippen LogP contribution in [-0.4, -0.2) is 38.5 Å². The van der Waals surface area contributed by atoms with Gasteiger partial charge in [-0.05, 0) is 18.2 Å². The van der Waals surface area contributed by atoms with Gasteiger partial charge in [0.15, 0.2) is 18.1 Å². The van der Waals surface area contributed by atoms with Gasteiger partial charge in [-0.15, -0.1) is 0 Å². The van der Waals surface area contributed by atoms with Gasteiger partial charge < -0.3 is 14.6 Å². The summed E-state index contributed by atoms with van der Waals surface area (Å²) in [4.78, 5) is 14.9. The normalized spacial score (nSPS) is 11.8. The number of carbonyl (C=O) groups is 1. The molecule has 0 spiro atoms. The van der Waals surface area contributed by atoms with E-state index < -0.39 is 36.4 Å². The molecule has 0 aromatic carbocycles. The second kappa shape index (κ2) is 7.29. The Balaban J connectivity index is 1.96. The zero-order valence-electron chi connectivity index (χ0n) is 13.7. The van der Waals surface area contributed by atoms with Crippen LogP contribution in [0.3, 0.4) is 0 Å². The van der Waals surface area contributed by atoms with E-state index in [0.717, 1.165) is 10.6 Å². The van der Waals surface area contributed by atoms with Crippen LogP contribution in [0, 0.1) is 0 Å². The van der Waals surface area contributed by atoms with E-state index in [4.69, 9.17) is 9.84 Å². The topological polar surface area (TPSA) is 86.0 Å². The van der Waals surface area contributed by atoms with Gasteiger partial charge in [-0.1, -0.05) is 0 Å². The Morgan fingerprint density at radius 1 is 1.29 bits per heavy atom. The van der Waals surface area contributed by atoms with Crippen LogP contribution in [-0.2, 0) is 0 Å². The van der Waals surface area contributed by atoms with Gasteiger partial charge >= 0.3 is 12.1 Å². The van der Waals surface area contributed by atoms with Gasteiger partial charge in [-0.2, -0.15) is 18.3 Å². The molecule has 7 nitrogen and oxygen atoms in total. The van der Waals surface area contributed by atoms with Gasteiger partial charge in [-0.25, -0.2) is 23.1 Å². The molecule has 0 unspecified atom stereocenters. The number of carboxylic acid groups (broad SMARTS) is 1. The van der Waals surface area contributed by atoms with Crippen LogP contribution in [0.1, 0.15) is 22.5 Å². The Hall–Kier alpha value is -3.44. The lowest BCUT2D eigenvalue weighted by atomic mass is 10.2. The van der Waals surface area contributed by atoms with Gasteiger partial charge in [0.2, 0.25) is 0 Å². The molecule has 0 aliphatic carbocycles. The molecule has 3 aromatic rings. The van der Waals surface area contributed by atoms with Gasteiger partial charge in [0, 0.05) is 18.5 Å². The first-order valence-corrected chi connectivity index (χ1v) is 7.52. The highest BCUT2D eigenvalue weighted by molar-refractivity contribution is 5.90. The van der Waals surface area contributed by atoms with Crippen LogP contribution in [0.2, 0.25) is 0 Å². The van der Waals surface area contributed by atoms with Crippen molar-refractivity contribution in [3.63, 3.8) is 0 Å². The number of ether oxygens (including phenoxy) is 2. The fraction of sp³-hybridized carbons (Fsp3) is 0.188. The third-order valence-corrected chi connectivity index (χ3v) is 3.41. The molecular formula is C16H10F5N3O4. The third kappa shape index (κ3) is 4.10. The Morgan fingerprint density at radius 3 is 2.68 bits per heavy atom. The van der Waals surface area contributed by atoms with Crippen molar-refractivity contribution >= 4 is 11.5 Å². The van der Waals surface area contributed by atoms with Crippen LogP contribution >= 0.6 is 0 Å². The highest BCUT2D eigenvalue weighted by Crippen LogP contribution is 2.33. The molecule has 0 saturated heterocycles. The quantitative estimate of drug-likeness (QED) is 0.624. The van der Waals surface area contributed by atoms with Crippen LogP contribution in [0.25, 0.3) is 5.52 Å². The number of hydrogen-bond donors (Lipinski definition) is 1. The average Bonchev–Trinajstić information content (AvgIpc) is 2.99. The van der Waals surface area contributed by atoms with E-state index in [1.54, 1.807) is 0 Å². The molecule has 0 aliphatic heterocycles. The molecule has 3 rings (SSSR count). The number of aromatic carboxylic acids is 1. The first kappa shape index (κ1) is 19.3. The molecule has 0 fully saturated rings. The van der Waals surface area contributed by atoms with E-state index in [1.165, 1.54) is 30.6 Å². The van der Waals surface area contributed by atoms with Crippen molar-refractivity contribution in [2.24, 2.45) is 0 Å². The average molecular weight is 403 g/mol. The summed E-state index contributed by atoms with van der Waals surface area (Å²) in [6, 6.07) is 4.84.